The van der Waals surface area contributed by atoms with Gasteiger partial charge in [-0.3, -0.25) is 4.99 Å². The van der Waals surface area contributed by atoms with E-state index in [2.05, 4.69) is 22.6 Å². The number of allylic oxidation sites excluding steroid dienone is 1. The highest BCUT2D eigenvalue weighted by Crippen LogP contribution is 2.20. The van der Waals surface area contributed by atoms with Gasteiger partial charge >= 0.3 is 0 Å². The molecule has 1 rings (SSSR count). The third-order valence-electron chi connectivity index (χ3n) is 1.67. The molecule has 0 amide bonds. The first-order chi connectivity index (χ1) is 7.31. The van der Waals surface area contributed by atoms with Gasteiger partial charge < -0.3 is 5.11 Å². The van der Waals surface area contributed by atoms with Gasteiger partial charge in [0.25, 0.3) is 0 Å². The molecule has 3 nitrogen and oxygen atoms in total. The predicted molar refractivity (Wildman–Crippen MR) is 64.2 cm³/mol. The molecule has 0 spiro atoms. The third-order valence-corrected chi connectivity index (χ3v) is 2.69. The second-order valence-electron chi connectivity index (χ2n) is 2.83. The molecule has 0 bridgehead atoms. The number of aromatic nitrogens is 1. The lowest BCUT2D eigenvalue weighted by molar-refractivity contribution is 0.281. The topological polar surface area (TPSA) is 45.5 Å². The van der Waals surface area contributed by atoms with Crippen LogP contribution in [0.2, 0.25) is 0 Å². The van der Waals surface area contributed by atoms with Gasteiger partial charge in [0, 0.05) is 19.5 Å². The number of rotatable bonds is 4. The van der Waals surface area contributed by atoms with Crippen molar-refractivity contribution in [1.82, 2.24) is 4.98 Å². The summed E-state index contributed by atoms with van der Waals surface area (Å²) < 4.78 is 0. The molecule has 0 radical (unpaired) electrons. The maximum absolute atomic E-state index is 8.92. The first kappa shape index (κ1) is 11.9. The number of aliphatic hydroxyl groups excluding tert-OH is 1. The molecule has 0 fully saturated rings. The molecule has 0 saturated carbocycles. The maximum Gasteiger partial charge on any atom is 0.119 e. The highest BCUT2D eigenvalue weighted by atomic mass is 32.1. The van der Waals surface area contributed by atoms with Crippen LogP contribution in [-0.2, 0) is 6.61 Å². The van der Waals surface area contributed by atoms with Crippen molar-refractivity contribution in [3.8, 4) is 0 Å². The van der Waals surface area contributed by atoms with Crippen molar-refractivity contribution in [3.63, 3.8) is 0 Å². The van der Waals surface area contributed by atoms with Crippen LogP contribution in [0.3, 0.4) is 0 Å². The summed E-state index contributed by atoms with van der Waals surface area (Å²) >= 11 is 1.46. The lowest BCUT2D eigenvalue weighted by Gasteiger charge is -1.90. The fourth-order valence-electron chi connectivity index (χ4n) is 1.02. The van der Waals surface area contributed by atoms with E-state index in [0.29, 0.717) is 5.01 Å². The van der Waals surface area contributed by atoms with Crippen molar-refractivity contribution in [3.05, 3.63) is 27.9 Å². The molecular formula is C11H14N2OS. The van der Waals surface area contributed by atoms with E-state index in [9.17, 15) is 0 Å². The van der Waals surface area contributed by atoms with Gasteiger partial charge in [0.05, 0.1) is 17.1 Å². The van der Waals surface area contributed by atoms with Crippen LogP contribution < -0.4 is 0 Å². The third kappa shape index (κ3) is 3.44. The zero-order valence-corrected chi connectivity index (χ0v) is 9.71. The van der Waals surface area contributed by atoms with Gasteiger partial charge in [-0.25, -0.2) is 4.98 Å². The van der Waals surface area contributed by atoms with Gasteiger partial charge in [0.1, 0.15) is 5.01 Å². The van der Waals surface area contributed by atoms with E-state index >= 15 is 0 Å². The molecular weight excluding hydrogens is 208 g/mol. The quantitative estimate of drug-likeness (QED) is 0.627. The first-order valence-corrected chi connectivity index (χ1v) is 5.56. The van der Waals surface area contributed by atoms with E-state index in [4.69, 9.17) is 5.11 Å². The van der Waals surface area contributed by atoms with Gasteiger partial charge in [0.15, 0.2) is 0 Å². The van der Waals surface area contributed by atoms with Crippen LogP contribution in [0.25, 0.3) is 5.57 Å². The van der Waals surface area contributed by atoms with Crippen LogP contribution in [0.4, 0.5) is 0 Å². The zero-order valence-electron chi connectivity index (χ0n) is 8.90. The van der Waals surface area contributed by atoms with Gasteiger partial charge in [-0.2, -0.15) is 0 Å². The normalized spacial score (nSPS) is 10.3. The summed E-state index contributed by atoms with van der Waals surface area (Å²) in [5.74, 6) is 0. The molecule has 1 aromatic heterocycles. The number of hydrogen-bond donors (Lipinski definition) is 1. The summed E-state index contributed by atoms with van der Waals surface area (Å²) in [6, 6.07) is 0. The zero-order chi connectivity index (χ0) is 11.1. The Labute approximate surface area is 93.5 Å². The molecule has 4 heteroatoms. The van der Waals surface area contributed by atoms with Crippen molar-refractivity contribution < 1.29 is 5.11 Å². The minimum Gasteiger partial charge on any atom is -0.389 e. The number of nitrogens with zero attached hydrogens (tertiary/aromatic N) is 2. The summed E-state index contributed by atoms with van der Waals surface area (Å²) in [7, 11) is 1.72. The van der Waals surface area contributed by atoms with Crippen molar-refractivity contribution in [2.45, 2.75) is 20.0 Å². The van der Waals surface area contributed by atoms with Gasteiger partial charge in [-0.05, 0) is 12.5 Å². The highest BCUT2D eigenvalue weighted by molar-refractivity contribution is 7.13. The van der Waals surface area contributed by atoms with Crippen LogP contribution in [-0.4, -0.2) is 23.4 Å². The number of thiazole rings is 1. The Kier molecular flexibility index (Phi) is 4.98. The average molecular weight is 222 g/mol. The molecule has 0 aliphatic carbocycles. The van der Waals surface area contributed by atoms with E-state index in [0.717, 1.165) is 16.9 Å². The minimum atomic E-state index is -0.0152. The van der Waals surface area contributed by atoms with E-state index in [1.807, 2.05) is 6.08 Å². The molecule has 0 saturated heterocycles. The van der Waals surface area contributed by atoms with Crippen LogP contribution >= 0.6 is 11.3 Å². The Morgan fingerprint density at radius 3 is 3.07 bits per heavy atom. The Morgan fingerprint density at radius 2 is 2.53 bits per heavy atom. The Hall–Kier alpha value is -1.22. The van der Waals surface area contributed by atoms with Gasteiger partial charge in [0.2, 0.25) is 0 Å². The largest absolute Gasteiger partial charge is 0.389 e. The summed E-state index contributed by atoms with van der Waals surface area (Å²) in [6.45, 7) is 2.04. The Balaban J connectivity index is 3.04. The number of hydrogen-bond acceptors (Lipinski definition) is 4. The van der Waals surface area contributed by atoms with Crippen LogP contribution in [0.1, 0.15) is 23.2 Å². The summed E-state index contributed by atoms with van der Waals surface area (Å²) in [6.07, 6.45) is 6.38. The lowest BCUT2D eigenvalue weighted by Crippen LogP contribution is -1.78. The predicted octanol–water partition coefficient (Wildman–Crippen LogP) is 2.28. The molecule has 15 heavy (non-hydrogen) atoms. The molecule has 0 aromatic carbocycles. The Bertz CT molecular complexity index is 400. The molecule has 0 atom stereocenters. The average Bonchev–Trinajstić information content (AvgIpc) is 2.72. The molecule has 1 N–H and O–H groups in total. The second-order valence-corrected chi connectivity index (χ2v) is 3.95. The van der Waals surface area contributed by atoms with Crippen molar-refractivity contribution in [1.29, 1.82) is 0 Å². The highest BCUT2D eigenvalue weighted by Gasteiger charge is 2.03. The summed E-state index contributed by atoms with van der Waals surface area (Å²) in [4.78, 5) is 9.03. The molecule has 1 heterocycles. The van der Waals surface area contributed by atoms with E-state index in [-0.39, 0.29) is 6.61 Å². The molecule has 0 unspecified atom stereocenters. The molecule has 0 aliphatic rings. The number of aliphatic hydroxyl groups is 1. The number of aliphatic imine (C=N–C) groups is 1. The Morgan fingerprint density at radius 1 is 1.73 bits per heavy atom. The van der Waals surface area contributed by atoms with Gasteiger partial charge in [-0.15, -0.1) is 17.1 Å². The van der Waals surface area contributed by atoms with Crippen LogP contribution in [0.5, 0.6) is 0 Å². The van der Waals surface area contributed by atoms with Crippen LogP contribution in [0, 0.1) is 0 Å². The van der Waals surface area contributed by atoms with Crippen molar-refractivity contribution >= 4 is 23.1 Å². The van der Waals surface area contributed by atoms with Crippen molar-refractivity contribution in [2.24, 2.45) is 4.99 Å². The summed E-state index contributed by atoms with van der Waals surface area (Å²) in [5.41, 5.74) is 4.07. The fourth-order valence-corrected chi connectivity index (χ4v) is 1.77. The molecule has 0 aliphatic heterocycles. The maximum atomic E-state index is 8.92. The minimum absolute atomic E-state index is 0.0152. The van der Waals surface area contributed by atoms with E-state index < -0.39 is 0 Å². The van der Waals surface area contributed by atoms with Crippen LogP contribution in [0.15, 0.2) is 23.0 Å². The summed E-state index contributed by atoms with van der Waals surface area (Å²) in [5, 5.41) is 9.63. The SMILES string of the molecule is CCC=C=C(C=NC)c1cnc(CO)s1. The monoisotopic (exact) mass is 222 g/mol. The van der Waals surface area contributed by atoms with Gasteiger partial charge in [-0.1, -0.05) is 6.92 Å². The fraction of sp³-hybridized carbons (Fsp3) is 0.364. The molecule has 1 aromatic rings. The lowest BCUT2D eigenvalue weighted by atomic mass is 10.2. The smallest absolute Gasteiger partial charge is 0.119 e. The van der Waals surface area contributed by atoms with Crippen molar-refractivity contribution in [2.75, 3.05) is 7.05 Å². The molecule has 80 valence electrons. The standard InChI is InChI=1S/C11H14N2OS/c1-3-4-5-9(6-12-2)10-7-13-11(8-14)15-10/h4,6-7,14H,3,8H2,1-2H3. The second kappa shape index (κ2) is 6.30. The first-order valence-electron chi connectivity index (χ1n) is 4.75. The van der Waals surface area contributed by atoms with E-state index in [1.54, 1.807) is 19.5 Å². The van der Waals surface area contributed by atoms with E-state index in [1.165, 1.54) is 11.3 Å².